The van der Waals surface area contributed by atoms with Crippen molar-refractivity contribution in [3.63, 3.8) is 0 Å². The van der Waals surface area contributed by atoms with E-state index >= 15 is 0 Å². The first-order valence-electron chi connectivity index (χ1n) is 10.3. The van der Waals surface area contributed by atoms with Crippen LogP contribution in [0.4, 0.5) is 13.2 Å². The van der Waals surface area contributed by atoms with Crippen molar-refractivity contribution in [1.29, 1.82) is 0 Å². The number of halogens is 3. The molecule has 0 atom stereocenters. The van der Waals surface area contributed by atoms with Crippen molar-refractivity contribution in [1.82, 2.24) is 14.9 Å². The molecule has 1 aliphatic rings. The molecular weight excluding hydrogens is 435 g/mol. The lowest BCUT2D eigenvalue weighted by Crippen LogP contribution is -2.37. The van der Waals surface area contributed by atoms with E-state index in [1.807, 2.05) is 13.8 Å². The zero-order valence-corrected chi connectivity index (χ0v) is 18.5. The van der Waals surface area contributed by atoms with Gasteiger partial charge in [-0.1, -0.05) is 13.8 Å². The summed E-state index contributed by atoms with van der Waals surface area (Å²) >= 11 is 0. The number of fused-ring (bicyclic) bond motifs is 3. The van der Waals surface area contributed by atoms with E-state index in [0.29, 0.717) is 22.3 Å². The van der Waals surface area contributed by atoms with Gasteiger partial charge in [0.15, 0.2) is 11.6 Å². The van der Waals surface area contributed by atoms with Crippen LogP contribution in [0.3, 0.4) is 0 Å². The van der Waals surface area contributed by atoms with Crippen molar-refractivity contribution in [3.8, 4) is 0 Å². The number of carbonyl (C=O) groups excluding carboxylic acids is 2. The van der Waals surface area contributed by atoms with Crippen LogP contribution in [-0.4, -0.2) is 39.4 Å². The van der Waals surface area contributed by atoms with Gasteiger partial charge in [-0.2, -0.15) is 0 Å². The number of aromatic amines is 1. The molecule has 1 aliphatic heterocycles. The van der Waals surface area contributed by atoms with Crippen molar-refractivity contribution >= 4 is 28.5 Å². The van der Waals surface area contributed by atoms with Gasteiger partial charge in [0.2, 0.25) is 0 Å². The highest BCUT2D eigenvalue weighted by Crippen LogP contribution is 2.40. The van der Waals surface area contributed by atoms with E-state index in [1.165, 1.54) is 23.2 Å². The Morgan fingerprint density at radius 1 is 1.15 bits per heavy atom. The fourth-order valence-electron chi connectivity index (χ4n) is 4.08. The number of H-pyrrole nitrogens is 1. The summed E-state index contributed by atoms with van der Waals surface area (Å²) in [4.78, 5) is 34.7. The maximum Gasteiger partial charge on any atom is 0.342 e. The van der Waals surface area contributed by atoms with E-state index < -0.39 is 40.8 Å². The molecule has 1 aromatic carbocycles. The van der Waals surface area contributed by atoms with Crippen molar-refractivity contribution in [3.05, 3.63) is 70.9 Å². The van der Waals surface area contributed by atoms with Gasteiger partial charge >= 0.3 is 5.97 Å². The van der Waals surface area contributed by atoms with Gasteiger partial charge in [-0.05, 0) is 43.7 Å². The van der Waals surface area contributed by atoms with Crippen LogP contribution < -0.4 is 0 Å². The number of benzene rings is 1. The first-order chi connectivity index (χ1) is 15.5. The van der Waals surface area contributed by atoms with Gasteiger partial charge < -0.3 is 14.6 Å². The molecule has 0 fully saturated rings. The normalized spacial score (nSPS) is 15.3. The molecule has 0 saturated heterocycles. The average molecular weight is 457 g/mol. The zero-order valence-electron chi connectivity index (χ0n) is 18.5. The molecular formula is C24H22F3N3O3. The van der Waals surface area contributed by atoms with Gasteiger partial charge in [-0.3, -0.25) is 4.79 Å². The quantitative estimate of drug-likeness (QED) is 0.579. The first kappa shape index (κ1) is 22.6. The molecule has 1 amide bonds. The van der Waals surface area contributed by atoms with Crippen LogP contribution in [0.25, 0.3) is 16.6 Å². The molecule has 3 aromatic rings. The summed E-state index contributed by atoms with van der Waals surface area (Å²) < 4.78 is 46.6. The van der Waals surface area contributed by atoms with E-state index in [9.17, 15) is 22.8 Å². The van der Waals surface area contributed by atoms with Gasteiger partial charge in [0.05, 0.1) is 23.6 Å². The van der Waals surface area contributed by atoms with E-state index in [1.54, 1.807) is 13.8 Å². The number of carbonyl (C=O) groups is 2. The molecule has 33 heavy (non-hydrogen) atoms. The molecule has 0 aliphatic carbocycles. The number of nitrogens with zero attached hydrogens (tertiary/aromatic N) is 2. The third-order valence-corrected chi connectivity index (χ3v) is 5.40. The minimum atomic E-state index is -1.16. The second-order valence-electron chi connectivity index (χ2n) is 8.87. The second-order valence-corrected chi connectivity index (χ2v) is 8.87. The molecule has 1 N–H and O–H groups in total. The fourth-order valence-corrected chi connectivity index (χ4v) is 4.08. The van der Waals surface area contributed by atoms with E-state index in [-0.39, 0.29) is 17.7 Å². The van der Waals surface area contributed by atoms with Crippen LogP contribution in [0, 0.1) is 17.5 Å². The number of esters is 1. The Morgan fingerprint density at radius 2 is 1.88 bits per heavy atom. The summed E-state index contributed by atoms with van der Waals surface area (Å²) in [5.74, 6) is -4.10. The maximum absolute atomic E-state index is 14.0. The highest BCUT2D eigenvalue weighted by Gasteiger charge is 2.38. The van der Waals surface area contributed by atoms with Crippen LogP contribution >= 0.6 is 0 Å². The molecule has 6 nitrogen and oxygen atoms in total. The smallest absolute Gasteiger partial charge is 0.342 e. The van der Waals surface area contributed by atoms with Crippen LogP contribution in [0.5, 0.6) is 0 Å². The third kappa shape index (κ3) is 4.10. The number of amides is 1. The number of aromatic nitrogens is 2. The van der Waals surface area contributed by atoms with Crippen LogP contribution in [-0.2, 0) is 14.9 Å². The fraction of sp³-hybridized carbons (Fsp3) is 0.292. The maximum atomic E-state index is 14.0. The van der Waals surface area contributed by atoms with E-state index in [4.69, 9.17) is 4.74 Å². The predicted octanol–water partition coefficient (Wildman–Crippen LogP) is 4.71. The molecule has 3 heterocycles. The van der Waals surface area contributed by atoms with Gasteiger partial charge in [0, 0.05) is 29.1 Å². The molecule has 0 spiro atoms. The SMILES string of the molecule is CC(C)OC(=O)C1=CN(C(=O)c2ccc(F)c(F)c2)CC(C)(C)c2c1[nH]c1ncc(F)cc21. The Hall–Kier alpha value is -3.62. The summed E-state index contributed by atoms with van der Waals surface area (Å²) in [7, 11) is 0. The highest BCUT2D eigenvalue weighted by atomic mass is 19.2. The molecule has 172 valence electrons. The predicted molar refractivity (Wildman–Crippen MR) is 116 cm³/mol. The number of hydrogen-bond acceptors (Lipinski definition) is 4. The van der Waals surface area contributed by atoms with Gasteiger partial charge in [-0.25, -0.2) is 22.9 Å². The highest BCUT2D eigenvalue weighted by molar-refractivity contribution is 6.18. The number of ether oxygens (including phenoxy) is 1. The molecule has 0 bridgehead atoms. The lowest BCUT2D eigenvalue weighted by molar-refractivity contribution is -0.140. The Balaban J connectivity index is 1.91. The van der Waals surface area contributed by atoms with Gasteiger partial charge in [-0.15, -0.1) is 0 Å². The van der Waals surface area contributed by atoms with Crippen molar-refractivity contribution < 1.29 is 27.5 Å². The Bertz CT molecular complexity index is 1310. The van der Waals surface area contributed by atoms with Crippen molar-refractivity contribution in [2.45, 2.75) is 39.2 Å². The van der Waals surface area contributed by atoms with E-state index in [0.717, 1.165) is 18.3 Å². The Kier molecular flexibility index (Phi) is 5.51. The van der Waals surface area contributed by atoms with Crippen molar-refractivity contribution in [2.75, 3.05) is 6.54 Å². The lowest BCUT2D eigenvalue weighted by Gasteiger charge is -2.29. The summed E-state index contributed by atoms with van der Waals surface area (Å²) in [6.45, 7) is 7.11. The van der Waals surface area contributed by atoms with Gasteiger partial charge in [0.1, 0.15) is 11.5 Å². The standard InChI is InChI=1S/C24H22F3N3O3/c1-12(2)33-23(32)16-10-30(22(31)13-5-6-17(26)18(27)7-13)11-24(3,4)19-15-8-14(25)9-28-21(15)29-20(16)19/h5-10,12H,11H2,1-4H3,(H,28,29). The lowest BCUT2D eigenvalue weighted by atomic mass is 9.82. The largest absolute Gasteiger partial charge is 0.459 e. The van der Waals surface area contributed by atoms with Gasteiger partial charge in [0.25, 0.3) is 5.91 Å². The minimum Gasteiger partial charge on any atom is -0.459 e. The summed E-state index contributed by atoms with van der Waals surface area (Å²) in [6, 6.07) is 4.17. The van der Waals surface area contributed by atoms with E-state index in [2.05, 4.69) is 9.97 Å². The molecule has 0 saturated carbocycles. The van der Waals surface area contributed by atoms with Crippen LogP contribution in [0.15, 0.2) is 36.7 Å². The first-order valence-corrected chi connectivity index (χ1v) is 10.3. The number of hydrogen-bond donors (Lipinski definition) is 1. The molecule has 4 rings (SSSR count). The third-order valence-electron chi connectivity index (χ3n) is 5.40. The summed E-state index contributed by atoms with van der Waals surface area (Å²) in [5.41, 5.74) is 0.516. The topological polar surface area (TPSA) is 75.3 Å². The van der Waals surface area contributed by atoms with Crippen molar-refractivity contribution in [2.24, 2.45) is 0 Å². The van der Waals surface area contributed by atoms with Crippen LogP contribution in [0.1, 0.15) is 49.3 Å². The summed E-state index contributed by atoms with van der Waals surface area (Å²) in [5, 5.41) is 0.473. The number of pyridine rings is 1. The minimum absolute atomic E-state index is 0.0404. The number of rotatable bonds is 3. The number of nitrogens with one attached hydrogen (secondary N) is 1. The molecule has 0 radical (unpaired) electrons. The second kappa shape index (κ2) is 8.06. The average Bonchev–Trinajstić information content (AvgIpc) is 3.05. The molecule has 9 heteroatoms. The summed E-state index contributed by atoms with van der Waals surface area (Å²) in [6.07, 6.45) is 1.96. The zero-order chi connectivity index (χ0) is 24.1. The molecule has 0 unspecified atom stereocenters. The molecule has 2 aromatic heterocycles. The Morgan fingerprint density at radius 3 is 2.55 bits per heavy atom. The Labute approximate surface area is 188 Å². The van der Waals surface area contributed by atoms with Crippen LogP contribution in [0.2, 0.25) is 0 Å². The monoisotopic (exact) mass is 457 g/mol.